The number of hydrogen-bond acceptors (Lipinski definition) is 2. The van der Waals surface area contributed by atoms with Crippen molar-refractivity contribution in [3.63, 3.8) is 0 Å². The second kappa shape index (κ2) is 9.58. The number of hydrogen-bond donors (Lipinski definition) is 0. The molecular formula is C22H38N2. The average Bonchev–Trinajstić information content (AvgIpc) is 2.65. The second-order valence-corrected chi connectivity index (χ2v) is 7.22. The van der Waals surface area contributed by atoms with Crippen LogP contribution in [0.5, 0.6) is 0 Å². The van der Waals surface area contributed by atoms with Gasteiger partial charge in [0.15, 0.2) is 0 Å². The molecule has 1 fully saturated rings. The van der Waals surface area contributed by atoms with E-state index in [4.69, 9.17) is 0 Å². The van der Waals surface area contributed by atoms with Crippen molar-refractivity contribution in [1.82, 2.24) is 9.80 Å². The third-order valence-corrected chi connectivity index (χ3v) is 6.19. The van der Waals surface area contributed by atoms with Gasteiger partial charge in [-0.1, -0.05) is 77.3 Å². The molecule has 0 bridgehead atoms. The van der Waals surface area contributed by atoms with Crippen LogP contribution in [0.4, 0.5) is 0 Å². The molecule has 0 heterocycles. The molecule has 0 saturated heterocycles. The molecule has 0 N–H and O–H groups in total. The van der Waals surface area contributed by atoms with Crippen LogP contribution in [0.3, 0.4) is 0 Å². The van der Waals surface area contributed by atoms with Crippen molar-refractivity contribution in [3.05, 3.63) is 35.9 Å². The summed E-state index contributed by atoms with van der Waals surface area (Å²) in [6, 6.07) is 11.2. The summed E-state index contributed by atoms with van der Waals surface area (Å²) >= 11 is 0. The van der Waals surface area contributed by atoms with E-state index in [0.717, 1.165) is 38.5 Å². The van der Waals surface area contributed by atoms with Gasteiger partial charge in [0.25, 0.3) is 0 Å². The van der Waals surface area contributed by atoms with Crippen LogP contribution in [-0.2, 0) is 6.42 Å². The molecule has 1 aromatic carbocycles. The minimum absolute atomic E-state index is 0.175. The fourth-order valence-electron chi connectivity index (χ4n) is 5.09. The van der Waals surface area contributed by atoms with Crippen molar-refractivity contribution >= 4 is 0 Å². The summed E-state index contributed by atoms with van der Waals surface area (Å²) in [6.45, 7) is 13.9. The summed E-state index contributed by atoms with van der Waals surface area (Å²) in [5.74, 6) is 0.784. The van der Waals surface area contributed by atoms with Crippen molar-refractivity contribution in [2.45, 2.75) is 71.9 Å². The number of likely N-dealkylation sites (N-methyl/N-ethyl adjacent to an activating group) is 2. The number of rotatable bonds is 9. The Morgan fingerprint density at radius 1 is 0.792 bits per heavy atom. The molecule has 2 nitrogen and oxygen atoms in total. The van der Waals surface area contributed by atoms with Crippen LogP contribution in [0.25, 0.3) is 0 Å². The molecule has 1 aliphatic rings. The molecule has 0 spiro atoms. The quantitative estimate of drug-likeness (QED) is 0.575. The van der Waals surface area contributed by atoms with Crippen LogP contribution in [0.1, 0.15) is 65.4 Å². The maximum absolute atomic E-state index is 2.77. The van der Waals surface area contributed by atoms with Crippen molar-refractivity contribution in [3.8, 4) is 0 Å². The van der Waals surface area contributed by atoms with Gasteiger partial charge in [-0.25, -0.2) is 0 Å². The maximum Gasteiger partial charge on any atom is 0.0807 e. The Bertz CT molecular complexity index is 430. The van der Waals surface area contributed by atoms with E-state index in [1.165, 1.54) is 37.7 Å². The topological polar surface area (TPSA) is 6.48 Å². The summed E-state index contributed by atoms with van der Waals surface area (Å²) in [5.41, 5.74) is 1.66. The van der Waals surface area contributed by atoms with Gasteiger partial charge >= 0.3 is 0 Å². The number of benzene rings is 1. The van der Waals surface area contributed by atoms with Gasteiger partial charge < -0.3 is 0 Å². The normalized spacial score (nSPS) is 16.9. The standard InChI is InChI=1S/C22H38N2/c1-5-23(6-2)22(24(7-3)8-4,21-17-13-10-14-18-21)19-20-15-11-9-12-16-20/h9,11-12,15-16,21H,5-8,10,13-14,17-19H2,1-4H3. The van der Waals surface area contributed by atoms with Crippen LogP contribution in [-0.4, -0.2) is 41.6 Å². The predicted octanol–water partition coefficient (Wildman–Crippen LogP) is 5.19. The summed E-state index contributed by atoms with van der Waals surface area (Å²) in [6.07, 6.45) is 8.17. The van der Waals surface area contributed by atoms with Gasteiger partial charge in [0.05, 0.1) is 5.66 Å². The van der Waals surface area contributed by atoms with Gasteiger partial charge in [0.2, 0.25) is 0 Å². The molecule has 0 aliphatic heterocycles. The Morgan fingerprint density at radius 2 is 1.29 bits per heavy atom. The third-order valence-electron chi connectivity index (χ3n) is 6.19. The van der Waals surface area contributed by atoms with Crippen LogP contribution in [0.15, 0.2) is 30.3 Å². The lowest BCUT2D eigenvalue weighted by Crippen LogP contribution is -2.66. The third kappa shape index (κ3) is 4.03. The minimum Gasteiger partial charge on any atom is -0.285 e. The van der Waals surface area contributed by atoms with Gasteiger partial charge in [0.1, 0.15) is 0 Å². The lowest BCUT2D eigenvalue weighted by atomic mass is 9.74. The SMILES string of the molecule is CCN(CC)C(Cc1ccccc1)(C1CCCCC1)N(CC)CC. The fraction of sp³-hybridized carbons (Fsp3) is 0.727. The van der Waals surface area contributed by atoms with Gasteiger partial charge in [0, 0.05) is 6.42 Å². The van der Waals surface area contributed by atoms with E-state index in [1.807, 2.05) is 0 Å². The van der Waals surface area contributed by atoms with Gasteiger partial charge in [-0.3, -0.25) is 9.80 Å². The summed E-state index contributed by atoms with van der Waals surface area (Å²) < 4.78 is 0. The molecule has 24 heavy (non-hydrogen) atoms. The van der Waals surface area contributed by atoms with Crippen molar-refractivity contribution in [2.75, 3.05) is 26.2 Å². The molecule has 1 aliphatic carbocycles. The highest BCUT2D eigenvalue weighted by atomic mass is 15.4. The van der Waals surface area contributed by atoms with Gasteiger partial charge in [-0.05, 0) is 50.5 Å². The Hall–Kier alpha value is -0.860. The zero-order chi connectivity index (χ0) is 17.4. The Balaban J connectivity index is 2.48. The first-order chi connectivity index (χ1) is 11.7. The van der Waals surface area contributed by atoms with Gasteiger partial charge in [-0.2, -0.15) is 0 Å². The van der Waals surface area contributed by atoms with E-state index in [2.05, 4.69) is 67.8 Å². The molecule has 0 atom stereocenters. The highest BCUT2D eigenvalue weighted by Gasteiger charge is 2.46. The smallest absolute Gasteiger partial charge is 0.0807 e. The molecule has 0 aromatic heterocycles. The highest BCUT2D eigenvalue weighted by molar-refractivity contribution is 5.19. The van der Waals surface area contributed by atoms with E-state index < -0.39 is 0 Å². The summed E-state index contributed by atoms with van der Waals surface area (Å²) in [7, 11) is 0. The molecule has 0 radical (unpaired) electrons. The first-order valence-electron chi connectivity index (χ1n) is 10.3. The van der Waals surface area contributed by atoms with E-state index in [9.17, 15) is 0 Å². The summed E-state index contributed by atoms with van der Waals surface area (Å²) in [4.78, 5) is 5.53. The van der Waals surface area contributed by atoms with Crippen molar-refractivity contribution < 1.29 is 0 Å². The fourth-order valence-corrected chi connectivity index (χ4v) is 5.09. The summed E-state index contributed by atoms with van der Waals surface area (Å²) in [5, 5.41) is 0. The molecule has 136 valence electrons. The van der Waals surface area contributed by atoms with E-state index in [-0.39, 0.29) is 5.66 Å². The molecule has 1 aromatic rings. The Morgan fingerprint density at radius 3 is 1.75 bits per heavy atom. The Labute approximate surface area is 150 Å². The second-order valence-electron chi connectivity index (χ2n) is 7.22. The molecular weight excluding hydrogens is 292 g/mol. The monoisotopic (exact) mass is 330 g/mol. The van der Waals surface area contributed by atoms with Crippen LogP contribution >= 0.6 is 0 Å². The zero-order valence-electron chi connectivity index (χ0n) is 16.4. The van der Waals surface area contributed by atoms with Gasteiger partial charge in [-0.15, -0.1) is 0 Å². The minimum atomic E-state index is 0.175. The first-order valence-corrected chi connectivity index (χ1v) is 10.3. The van der Waals surface area contributed by atoms with E-state index >= 15 is 0 Å². The van der Waals surface area contributed by atoms with E-state index in [0.29, 0.717) is 0 Å². The van der Waals surface area contributed by atoms with E-state index in [1.54, 1.807) is 0 Å². The maximum atomic E-state index is 2.77. The lowest BCUT2D eigenvalue weighted by Gasteiger charge is -2.56. The van der Waals surface area contributed by atoms with Crippen molar-refractivity contribution in [2.24, 2.45) is 5.92 Å². The number of nitrogens with zero attached hydrogens (tertiary/aromatic N) is 2. The Kier molecular flexibility index (Phi) is 7.77. The molecule has 2 rings (SSSR count). The molecule has 1 saturated carbocycles. The predicted molar refractivity (Wildman–Crippen MR) is 105 cm³/mol. The molecule has 2 heteroatoms. The van der Waals surface area contributed by atoms with Crippen molar-refractivity contribution in [1.29, 1.82) is 0 Å². The lowest BCUT2D eigenvalue weighted by molar-refractivity contribution is -0.104. The van der Waals surface area contributed by atoms with Crippen LogP contribution < -0.4 is 0 Å². The van der Waals surface area contributed by atoms with Crippen LogP contribution in [0.2, 0.25) is 0 Å². The highest BCUT2D eigenvalue weighted by Crippen LogP contribution is 2.41. The zero-order valence-corrected chi connectivity index (χ0v) is 16.4. The van der Waals surface area contributed by atoms with Crippen LogP contribution in [0, 0.1) is 5.92 Å². The largest absolute Gasteiger partial charge is 0.285 e. The average molecular weight is 331 g/mol. The molecule has 0 amide bonds. The first kappa shape index (κ1) is 19.5. The molecule has 0 unspecified atom stereocenters.